The number of rotatable bonds is 5. The molecule has 0 radical (unpaired) electrons. The van der Waals surface area contributed by atoms with Gasteiger partial charge in [0.15, 0.2) is 23.2 Å². The van der Waals surface area contributed by atoms with E-state index in [2.05, 4.69) is 10.6 Å². The number of hydrogen-bond donors (Lipinski definition) is 2. The Hall–Kier alpha value is -3.16. The molecule has 0 fully saturated rings. The van der Waals surface area contributed by atoms with Crippen LogP contribution in [0.1, 0.15) is 27.6 Å². The fraction of sp³-hybridized carbons (Fsp3) is 0.118. The molecule has 0 atom stereocenters. The average molecular weight is 350 g/mol. The fourth-order valence-corrected chi connectivity index (χ4v) is 1.98. The van der Waals surface area contributed by atoms with Crippen LogP contribution in [0.5, 0.6) is 0 Å². The van der Waals surface area contributed by atoms with Crippen molar-refractivity contribution < 1.29 is 27.6 Å². The van der Waals surface area contributed by atoms with E-state index in [9.17, 15) is 27.6 Å². The molecular formula is C17H13F3N2O3. The van der Waals surface area contributed by atoms with Crippen molar-refractivity contribution in [3.05, 3.63) is 65.0 Å². The number of nitrogens with one attached hydrogen (secondary N) is 2. The lowest BCUT2D eigenvalue weighted by Gasteiger charge is -2.08. The molecular weight excluding hydrogens is 337 g/mol. The summed E-state index contributed by atoms with van der Waals surface area (Å²) in [6.45, 7) is 0.846. The van der Waals surface area contributed by atoms with Crippen LogP contribution in [0.25, 0.3) is 0 Å². The van der Waals surface area contributed by atoms with Gasteiger partial charge >= 0.3 is 0 Å². The first kappa shape index (κ1) is 18.2. The summed E-state index contributed by atoms with van der Waals surface area (Å²) in [5, 5.41) is 4.54. The summed E-state index contributed by atoms with van der Waals surface area (Å²) in [5.41, 5.74) is 0.0157. The largest absolute Gasteiger partial charge is 0.343 e. The molecule has 0 aliphatic carbocycles. The Morgan fingerprint density at radius 2 is 1.72 bits per heavy atom. The van der Waals surface area contributed by atoms with E-state index in [-0.39, 0.29) is 5.78 Å². The zero-order chi connectivity index (χ0) is 18.6. The first-order chi connectivity index (χ1) is 11.8. The Kier molecular flexibility index (Phi) is 5.53. The summed E-state index contributed by atoms with van der Waals surface area (Å²) < 4.78 is 39.4. The molecule has 0 aliphatic rings. The molecule has 0 spiro atoms. The molecule has 0 heterocycles. The maximum absolute atomic E-state index is 13.5. The number of carbonyl (C=O) groups excluding carboxylic acids is 3. The highest BCUT2D eigenvalue weighted by Gasteiger charge is 2.19. The molecule has 0 unspecified atom stereocenters. The number of anilines is 1. The number of carbonyl (C=O) groups is 3. The Labute approximate surface area is 140 Å². The van der Waals surface area contributed by atoms with Gasteiger partial charge in [-0.15, -0.1) is 0 Å². The minimum absolute atomic E-state index is 0.182. The van der Waals surface area contributed by atoms with Crippen molar-refractivity contribution in [1.29, 1.82) is 0 Å². The van der Waals surface area contributed by atoms with Crippen molar-refractivity contribution >= 4 is 23.3 Å². The Morgan fingerprint density at radius 1 is 1.00 bits per heavy atom. The highest BCUT2D eigenvalue weighted by molar-refractivity contribution is 6.00. The van der Waals surface area contributed by atoms with Crippen LogP contribution < -0.4 is 10.6 Å². The molecule has 0 bridgehead atoms. The van der Waals surface area contributed by atoms with Gasteiger partial charge in [-0.3, -0.25) is 14.4 Å². The second kappa shape index (κ2) is 7.61. The Morgan fingerprint density at radius 3 is 2.40 bits per heavy atom. The second-order valence-corrected chi connectivity index (χ2v) is 5.09. The third-order valence-electron chi connectivity index (χ3n) is 3.24. The monoisotopic (exact) mass is 350 g/mol. The summed E-state index contributed by atoms with van der Waals surface area (Å²) in [5.74, 6) is -6.71. The molecule has 0 aliphatic heterocycles. The Balaban J connectivity index is 1.98. The number of Topliss-reactive ketones (excluding diaryl/α,β-unsaturated/α-hetero) is 1. The van der Waals surface area contributed by atoms with Crippen LogP contribution in [-0.2, 0) is 4.79 Å². The molecule has 5 nitrogen and oxygen atoms in total. The molecule has 130 valence electrons. The van der Waals surface area contributed by atoms with Gasteiger partial charge in [-0.05, 0) is 31.2 Å². The second-order valence-electron chi connectivity index (χ2n) is 5.09. The van der Waals surface area contributed by atoms with Crippen LogP contribution in [-0.4, -0.2) is 24.1 Å². The zero-order valence-electron chi connectivity index (χ0n) is 13.0. The Bertz CT molecular complexity index is 853. The molecule has 8 heteroatoms. The molecule has 0 saturated heterocycles. The quantitative estimate of drug-likeness (QED) is 0.643. The van der Waals surface area contributed by atoms with Gasteiger partial charge in [-0.2, -0.15) is 0 Å². The van der Waals surface area contributed by atoms with Crippen molar-refractivity contribution in [3.63, 3.8) is 0 Å². The molecule has 2 aromatic carbocycles. The topological polar surface area (TPSA) is 75.3 Å². The van der Waals surface area contributed by atoms with E-state index in [1.165, 1.54) is 13.0 Å². The van der Waals surface area contributed by atoms with Crippen LogP contribution in [0.2, 0.25) is 0 Å². The fourth-order valence-electron chi connectivity index (χ4n) is 1.98. The van der Waals surface area contributed by atoms with Gasteiger partial charge in [0.25, 0.3) is 5.91 Å². The van der Waals surface area contributed by atoms with Gasteiger partial charge in [-0.1, -0.05) is 12.1 Å². The van der Waals surface area contributed by atoms with E-state index >= 15 is 0 Å². The summed E-state index contributed by atoms with van der Waals surface area (Å²) in [4.78, 5) is 34.8. The van der Waals surface area contributed by atoms with E-state index in [4.69, 9.17) is 0 Å². The van der Waals surface area contributed by atoms with Gasteiger partial charge in [0.2, 0.25) is 5.91 Å². The van der Waals surface area contributed by atoms with Gasteiger partial charge in [0, 0.05) is 11.3 Å². The third-order valence-corrected chi connectivity index (χ3v) is 3.24. The predicted molar refractivity (Wildman–Crippen MR) is 83.7 cm³/mol. The van der Waals surface area contributed by atoms with Crippen molar-refractivity contribution in [2.75, 3.05) is 11.9 Å². The van der Waals surface area contributed by atoms with Gasteiger partial charge in [-0.25, -0.2) is 13.2 Å². The lowest BCUT2D eigenvalue weighted by Crippen LogP contribution is -2.33. The number of amides is 2. The van der Waals surface area contributed by atoms with E-state index in [1.54, 1.807) is 18.2 Å². The molecule has 2 N–H and O–H groups in total. The minimum atomic E-state index is -1.77. The van der Waals surface area contributed by atoms with Gasteiger partial charge in [0.05, 0.1) is 12.1 Å². The van der Waals surface area contributed by atoms with Crippen molar-refractivity contribution in [1.82, 2.24) is 5.32 Å². The first-order valence-electron chi connectivity index (χ1n) is 7.12. The van der Waals surface area contributed by atoms with Crippen molar-refractivity contribution in [3.8, 4) is 0 Å². The smallest absolute Gasteiger partial charge is 0.254 e. The van der Waals surface area contributed by atoms with Crippen LogP contribution in [0.3, 0.4) is 0 Å². The zero-order valence-corrected chi connectivity index (χ0v) is 13.0. The van der Waals surface area contributed by atoms with E-state index in [0.29, 0.717) is 17.3 Å². The summed E-state index contributed by atoms with van der Waals surface area (Å²) >= 11 is 0. The molecule has 2 aromatic rings. The first-order valence-corrected chi connectivity index (χ1v) is 7.12. The lowest BCUT2D eigenvalue weighted by molar-refractivity contribution is -0.115. The summed E-state index contributed by atoms with van der Waals surface area (Å²) in [6, 6.07) is 7.53. The summed E-state index contributed by atoms with van der Waals surface area (Å²) in [6.07, 6.45) is 0. The standard InChI is InChI=1S/C17H13F3N2O3/c1-9(23)10-3-2-4-11(7-10)22-14(24)8-21-17(25)12-5-6-13(18)16(20)15(12)19/h2-7H,8H2,1H3,(H,21,25)(H,22,24). The average Bonchev–Trinajstić information content (AvgIpc) is 2.58. The molecule has 2 rings (SSSR count). The van der Waals surface area contributed by atoms with Crippen LogP contribution in [0, 0.1) is 17.5 Å². The number of benzene rings is 2. The number of halogens is 3. The number of ketones is 1. The van der Waals surface area contributed by atoms with Crippen molar-refractivity contribution in [2.24, 2.45) is 0 Å². The van der Waals surface area contributed by atoms with Crippen molar-refractivity contribution in [2.45, 2.75) is 6.92 Å². The lowest BCUT2D eigenvalue weighted by atomic mass is 10.1. The summed E-state index contributed by atoms with van der Waals surface area (Å²) in [7, 11) is 0. The highest BCUT2D eigenvalue weighted by Crippen LogP contribution is 2.15. The SMILES string of the molecule is CC(=O)c1cccc(NC(=O)CNC(=O)c2ccc(F)c(F)c2F)c1. The van der Waals surface area contributed by atoms with Crippen LogP contribution >= 0.6 is 0 Å². The maximum atomic E-state index is 13.5. The maximum Gasteiger partial charge on any atom is 0.254 e. The third kappa shape index (κ3) is 4.43. The predicted octanol–water partition coefficient (Wildman–Crippen LogP) is 2.68. The molecule has 2 amide bonds. The van der Waals surface area contributed by atoms with E-state index in [0.717, 1.165) is 6.07 Å². The minimum Gasteiger partial charge on any atom is -0.343 e. The van der Waals surface area contributed by atoms with Crippen LogP contribution in [0.4, 0.5) is 18.9 Å². The molecule has 0 aromatic heterocycles. The molecule has 0 saturated carbocycles. The van der Waals surface area contributed by atoms with Crippen LogP contribution in [0.15, 0.2) is 36.4 Å². The van der Waals surface area contributed by atoms with Gasteiger partial charge < -0.3 is 10.6 Å². The van der Waals surface area contributed by atoms with E-state index < -0.39 is 41.4 Å². The number of hydrogen-bond acceptors (Lipinski definition) is 3. The molecule has 25 heavy (non-hydrogen) atoms. The normalized spacial score (nSPS) is 10.2. The van der Waals surface area contributed by atoms with E-state index in [1.807, 2.05) is 0 Å². The highest BCUT2D eigenvalue weighted by atomic mass is 19.2. The van der Waals surface area contributed by atoms with Gasteiger partial charge in [0.1, 0.15) is 0 Å².